The van der Waals surface area contributed by atoms with Gasteiger partial charge in [0.15, 0.2) is 5.84 Å². The second-order valence-corrected chi connectivity index (χ2v) is 6.87. The molecule has 5 N–H and O–H groups in total. The Labute approximate surface area is 145 Å². The fraction of sp³-hybridized carbons (Fsp3) is 0.588. The number of hydrazone groups is 1. The van der Waals surface area contributed by atoms with Gasteiger partial charge in [0.05, 0.1) is 24.2 Å². The normalized spacial score (nSPS) is 33.8. The summed E-state index contributed by atoms with van der Waals surface area (Å²) in [6.07, 6.45) is 3.42. The Bertz CT molecular complexity index is 786. The monoisotopic (exact) mass is 343 g/mol. The molecule has 25 heavy (non-hydrogen) atoms. The summed E-state index contributed by atoms with van der Waals surface area (Å²) in [5.74, 6) is 11.4. The van der Waals surface area contributed by atoms with E-state index in [1.165, 1.54) is 0 Å². The van der Waals surface area contributed by atoms with Crippen LogP contribution < -0.4 is 5.84 Å². The van der Waals surface area contributed by atoms with Gasteiger partial charge in [0, 0.05) is 24.5 Å². The van der Waals surface area contributed by atoms with E-state index in [2.05, 4.69) is 26.9 Å². The minimum absolute atomic E-state index is 0.347. The van der Waals surface area contributed by atoms with Gasteiger partial charge in [0.1, 0.15) is 17.9 Å². The van der Waals surface area contributed by atoms with Crippen molar-refractivity contribution in [1.82, 2.24) is 9.55 Å². The standard InChI is InChI=1S/C17H21N5O3/c18-21-17-14-11(5-6-19-17)22(8-20-14)12-7-10(15(24)16(12)25)13(23)4-3-9-1-2-9/h6,8-10,12-13,15-16,23-25H,1-2,5,7,18H2/b21-17+/t10-,12-,13-,15-,16+/m1/s1. The van der Waals surface area contributed by atoms with Crippen LogP contribution in [0.1, 0.15) is 36.7 Å². The van der Waals surface area contributed by atoms with Gasteiger partial charge in [-0.05, 0) is 19.3 Å². The molecule has 2 saturated carbocycles. The van der Waals surface area contributed by atoms with Crippen LogP contribution in [-0.4, -0.2) is 55.2 Å². The van der Waals surface area contributed by atoms with E-state index in [9.17, 15) is 15.3 Å². The lowest BCUT2D eigenvalue weighted by molar-refractivity contribution is -0.0143. The van der Waals surface area contributed by atoms with Crippen LogP contribution in [0.15, 0.2) is 16.4 Å². The van der Waals surface area contributed by atoms with Gasteiger partial charge in [-0.3, -0.25) is 0 Å². The highest BCUT2D eigenvalue weighted by Gasteiger charge is 2.46. The fourth-order valence-electron chi connectivity index (χ4n) is 3.61. The number of hydrogen-bond acceptors (Lipinski definition) is 6. The van der Waals surface area contributed by atoms with Gasteiger partial charge in [-0.25, -0.2) is 9.98 Å². The molecule has 4 rings (SSSR count). The average Bonchev–Trinajstić information content (AvgIpc) is 3.29. The number of rotatable bonds is 2. The van der Waals surface area contributed by atoms with Gasteiger partial charge < -0.3 is 25.7 Å². The van der Waals surface area contributed by atoms with E-state index in [0.29, 0.717) is 30.3 Å². The van der Waals surface area contributed by atoms with Crippen LogP contribution in [0.3, 0.4) is 0 Å². The van der Waals surface area contributed by atoms with Crippen LogP contribution in [0, 0.1) is 23.7 Å². The zero-order valence-electron chi connectivity index (χ0n) is 13.7. The highest BCUT2D eigenvalue weighted by atomic mass is 16.3. The number of aromatic nitrogens is 2. The Morgan fingerprint density at radius 3 is 2.84 bits per heavy atom. The first kappa shape index (κ1) is 16.3. The maximum absolute atomic E-state index is 10.5. The van der Waals surface area contributed by atoms with Crippen molar-refractivity contribution in [3.63, 3.8) is 0 Å². The van der Waals surface area contributed by atoms with Crippen LogP contribution in [0.25, 0.3) is 0 Å². The van der Waals surface area contributed by atoms with E-state index in [-0.39, 0.29) is 6.04 Å². The molecule has 0 amide bonds. The van der Waals surface area contributed by atoms with Crippen molar-refractivity contribution >= 4 is 12.1 Å². The van der Waals surface area contributed by atoms with Crippen molar-refractivity contribution in [2.24, 2.45) is 27.8 Å². The number of amidine groups is 1. The zero-order chi connectivity index (χ0) is 17.6. The molecule has 8 heteroatoms. The van der Waals surface area contributed by atoms with Crippen molar-refractivity contribution < 1.29 is 15.3 Å². The van der Waals surface area contributed by atoms with E-state index in [1.807, 2.05) is 4.57 Å². The highest BCUT2D eigenvalue weighted by molar-refractivity contribution is 6.05. The van der Waals surface area contributed by atoms with Crippen LogP contribution in [0.4, 0.5) is 0 Å². The lowest BCUT2D eigenvalue weighted by Crippen LogP contribution is -2.33. The first-order valence-corrected chi connectivity index (χ1v) is 8.52. The summed E-state index contributed by atoms with van der Waals surface area (Å²) < 4.78 is 1.83. The first-order valence-electron chi connectivity index (χ1n) is 8.52. The van der Waals surface area contributed by atoms with Crippen molar-refractivity contribution in [3.8, 4) is 11.8 Å². The number of aliphatic imine (C=N–C) groups is 1. The smallest absolute Gasteiger partial charge is 0.198 e. The van der Waals surface area contributed by atoms with Crippen molar-refractivity contribution in [1.29, 1.82) is 0 Å². The molecule has 1 aliphatic heterocycles. The summed E-state index contributed by atoms with van der Waals surface area (Å²) in [6, 6.07) is -0.390. The van der Waals surface area contributed by atoms with Crippen molar-refractivity contribution in [2.75, 3.05) is 0 Å². The van der Waals surface area contributed by atoms with Gasteiger partial charge in [-0.2, -0.15) is 5.10 Å². The third-order valence-electron chi connectivity index (χ3n) is 5.20. The number of aliphatic hydroxyl groups is 3. The van der Waals surface area contributed by atoms with E-state index < -0.39 is 24.2 Å². The summed E-state index contributed by atoms with van der Waals surface area (Å²) in [7, 11) is 0. The number of hydrogen-bond donors (Lipinski definition) is 4. The van der Waals surface area contributed by atoms with Gasteiger partial charge in [0.2, 0.25) is 0 Å². The maximum atomic E-state index is 10.5. The number of nitrogens with zero attached hydrogens (tertiary/aromatic N) is 4. The van der Waals surface area contributed by atoms with Crippen molar-refractivity contribution in [2.45, 2.75) is 50.0 Å². The second-order valence-electron chi connectivity index (χ2n) is 6.87. The van der Waals surface area contributed by atoms with Gasteiger partial charge in [0.25, 0.3) is 0 Å². The Morgan fingerprint density at radius 2 is 2.12 bits per heavy atom. The lowest BCUT2D eigenvalue weighted by Gasteiger charge is -2.21. The summed E-state index contributed by atoms with van der Waals surface area (Å²) >= 11 is 0. The van der Waals surface area contributed by atoms with Crippen molar-refractivity contribution in [3.05, 3.63) is 17.7 Å². The summed E-state index contributed by atoms with van der Waals surface area (Å²) in [4.78, 5) is 8.41. The van der Waals surface area contributed by atoms with Crippen LogP contribution in [0.2, 0.25) is 0 Å². The number of fused-ring (bicyclic) bond motifs is 1. The van der Waals surface area contributed by atoms with E-state index in [1.54, 1.807) is 12.5 Å². The molecule has 1 aromatic rings. The largest absolute Gasteiger partial charge is 0.390 e. The molecule has 2 aliphatic carbocycles. The quantitative estimate of drug-likeness (QED) is 0.317. The van der Waals surface area contributed by atoms with Gasteiger partial charge in [-0.15, -0.1) is 0 Å². The first-order chi connectivity index (χ1) is 12.1. The Hall–Kier alpha value is -2.21. The molecule has 3 aliphatic rings. The average molecular weight is 343 g/mol. The molecule has 132 valence electrons. The zero-order valence-corrected chi connectivity index (χ0v) is 13.7. The van der Waals surface area contributed by atoms with Gasteiger partial charge in [-0.1, -0.05) is 11.8 Å². The molecule has 2 heterocycles. The van der Waals surface area contributed by atoms with E-state index in [4.69, 9.17) is 5.84 Å². The molecule has 0 bridgehead atoms. The molecule has 2 fully saturated rings. The predicted molar refractivity (Wildman–Crippen MR) is 90.8 cm³/mol. The number of nitrogens with two attached hydrogens (primary N) is 1. The minimum atomic E-state index is -1.04. The topological polar surface area (TPSA) is 129 Å². The highest BCUT2D eigenvalue weighted by Crippen LogP contribution is 2.39. The predicted octanol–water partition coefficient (Wildman–Crippen LogP) is -0.813. The Kier molecular flexibility index (Phi) is 4.07. The second kappa shape index (κ2) is 6.26. The number of imidazole rings is 1. The van der Waals surface area contributed by atoms with E-state index >= 15 is 0 Å². The summed E-state index contributed by atoms with van der Waals surface area (Å²) in [5.41, 5.74) is 1.43. The summed E-state index contributed by atoms with van der Waals surface area (Å²) in [6.45, 7) is 0. The van der Waals surface area contributed by atoms with Crippen LogP contribution in [-0.2, 0) is 6.42 Å². The summed E-state index contributed by atoms with van der Waals surface area (Å²) in [5, 5.41) is 34.9. The number of aliphatic hydroxyl groups excluding tert-OH is 3. The Morgan fingerprint density at radius 1 is 1.32 bits per heavy atom. The maximum Gasteiger partial charge on any atom is 0.198 e. The fourth-order valence-corrected chi connectivity index (χ4v) is 3.61. The molecule has 0 radical (unpaired) electrons. The van der Waals surface area contributed by atoms with Crippen LogP contribution >= 0.6 is 0 Å². The van der Waals surface area contributed by atoms with E-state index in [0.717, 1.165) is 18.5 Å². The third-order valence-corrected chi connectivity index (χ3v) is 5.20. The molecule has 5 atom stereocenters. The molecular formula is C17H21N5O3. The molecular weight excluding hydrogens is 322 g/mol. The van der Waals surface area contributed by atoms with Crippen LogP contribution in [0.5, 0.6) is 0 Å². The molecule has 0 aromatic carbocycles. The third kappa shape index (κ3) is 2.84. The SMILES string of the molecule is N/N=C1/N=CCc2c1ncn2[C@@H]1C[C@H]([C@H](O)C#CC2CC2)[C@@H](O)[C@H]1O. The minimum Gasteiger partial charge on any atom is -0.390 e. The Balaban J connectivity index is 1.58. The molecule has 8 nitrogen and oxygen atoms in total. The molecule has 1 aromatic heterocycles. The molecule has 0 spiro atoms. The molecule has 0 saturated heterocycles. The molecule has 0 unspecified atom stereocenters. The lowest BCUT2D eigenvalue weighted by atomic mass is 9.98. The van der Waals surface area contributed by atoms with Gasteiger partial charge >= 0.3 is 0 Å².